The van der Waals surface area contributed by atoms with Gasteiger partial charge < -0.3 is 10.1 Å². The number of hydrogen-bond donors (Lipinski definition) is 2. The molecular weight excluding hydrogens is 352 g/mol. The first-order valence-corrected chi connectivity index (χ1v) is 8.44. The quantitative estimate of drug-likeness (QED) is 0.742. The molecule has 9 nitrogen and oxygen atoms in total. The number of fused-ring (bicyclic) bond motifs is 1. The van der Waals surface area contributed by atoms with Crippen LogP contribution in [0.3, 0.4) is 0 Å². The van der Waals surface area contributed by atoms with Crippen molar-refractivity contribution in [2.45, 2.75) is 39.3 Å². The Hall–Kier alpha value is -3.23. The Bertz CT molecular complexity index is 935. The average molecular weight is 374 g/mol. The second kappa shape index (κ2) is 8.43. The minimum absolute atomic E-state index is 0.139. The second-order valence-corrected chi connectivity index (χ2v) is 6.35. The molecule has 2 aromatic rings. The van der Waals surface area contributed by atoms with Crippen molar-refractivity contribution >= 4 is 28.7 Å². The first kappa shape index (κ1) is 20.1. The second-order valence-electron chi connectivity index (χ2n) is 6.35. The Morgan fingerprint density at radius 2 is 1.78 bits per heavy atom. The first-order valence-electron chi connectivity index (χ1n) is 8.44. The number of rotatable bonds is 5. The van der Waals surface area contributed by atoms with Crippen molar-refractivity contribution in [3.63, 3.8) is 0 Å². The van der Waals surface area contributed by atoms with Crippen LogP contribution in [0.25, 0.3) is 10.8 Å². The largest absolute Gasteiger partial charge is 0.452 e. The van der Waals surface area contributed by atoms with Crippen LogP contribution in [-0.2, 0) is 27.8 Å². The van der Waals surface area contributed by atoms with Crippen LogP contribution >= 0.6 is 0 Å². The molecule has 144 valence electrons. The van der Waals surface area contributed by atoms with Gasteiger partial charge in [0.1, 0.15) is 0 Å². The lowest BCUT2D eigenvalue weighted by Crippen LogP contribution is -2.46. The molecule has 0 bridgehead atoms. The maximum absolute atomic E-state index is 12.2. The van der Waals surface area contributed by atoms with E-state index in [0.717, 1.165) is 4.68 Å². The molecule has 1 aromatic carbocycles. The maximum Gasteiger partial charge on any atom is 0.321 e. The fraction of sp³-hybridized carbons (Fsp3) is 0.389. The third-order valence-electron chi connectivity index (χ3n) is 3.68. The van der Waals surface area contributed by atoms with Crippen LogP contribution in [0.5, 0.6) is 0 Å². The first-order chi connectivity index (χ1) is 12.7. The van der Waals surface area contributed by atoms with Gasteiger partial charge in [-0.3, -0.25) is 19.7 Å². The minimum atomic E-state index is -1.16. The van der Waals surface area contributed by atoms with Gasteiger partial charge in [-0.1, -0.05) is 18.2 Å². The van der Waals surface area contributed by atoms with Gasteiger partial charge in [0, 0.05) is 18.5 Å². The molecule has 1 aromatic heterocycles. The molecule has 3 amide bonds. The number of carbonyl (C=O) groups is 3. The number of hydrogen-bond acceptors (Lipinski definition) is 6. The van der Waals surface area contributed by atoms with Gasteiger partial charge in [0.15, 0.2) is 6.10 Å². The molecule has 9 heteroatoms. The lowest BCUT2D eigenvalue weighted by molar-refractivity contribution is -0.153. The number of urea groups is 1. The Morgan fingerprint density at radius 3 is 2.41 bits per heavy atom. The molecule has 0 radical (unpaired) electrons. The van der Waals surface area contributed by atoms with E-state index < -0.39 is 24.0 Å². The van der Waals surface area contributed by atoms with Crippen LogP contribution in [0, 0.1) is 0 Å². The zero-order chi connectivity index (χ0) is 20.1. The van der Waals surface area contributed by atoms with Gasteiger partial charge in [-0.05, 0) is 26.8 Å². The molecule has 0 aliphatic heterocycles. The number of aromatic nitrogens is 2. The van der Waals surface area contributed by atoms with Gasteiger partial charge in [-0.2, -0.15) is 5.10 Å². The summed E-state index contributed by atoms with van der Waals surface area (Å²) in [6.45, 7) is 4.86. The van der Waals surface area contributed by atoms with Crippen molar-refractivity contribution in [1.82, 2.24) is 20.4 Å². The van der Waals surface area contributed by atoms with Crippen molar-refractivity contribution < 1.29 is 19.1 Å². The van der Waals surface area contributed by atoms with E-state index >= 15 is 0 Å². The number of benzene rings is 1. The van der Waals surface area contributed by atoms with Gasteiger partial charge in [-0.25, -0.2) is 9.48 Å². The molecule has 0 saturated heterocycles. The fourth-order valence-electron chi connectivity index (χ4n) is 2.45. The van der Waals surface area contributed by atoms with Gasteiger partial charge in [0.2, 0.25) is 0 Å². The fourth-order valence-corrected chi connectivity index (χ4v) is 2.45. The topological polar surface area (TPSA) is 119 Å². The lowest BCUT2D eigenvalue weighted by atomic mass is 10.1. The molecule has 0 aliphatic carbocycles. The highest BCUT2D eigenvalue weighted by atomic mass is 16.5. The number of nitrogens with one attached hydrogen (secondary N) is 2. The highest BCUT2D eigenvalue weighted by Gasteiger charge is 2.21. The molecule has 0 saturated carbocycles. The van der Waals surface area contributed by atoms with Crippen molar-refractivity contribution in [3.05, 3.63) is 40.3 Å². The van der Waals surface area contributed by atoms with Gasteiger partial charge in [0.05, 0.1) is 17.5 Å². The van der Waals surface area contributed by atoms with Crippen LogP contribution < -0.4 is 16.2 Å². The summed E-state index contributed by atoms with van der Waals surface area (Å²) in [7, 11) is 1.49. The zero-order valence-electron chi connectivity index (χ0n) is 15.6. The van der Waals surface area contributed by atoms with Crippen LogP contribution in [0.2, 0.25) is 0 Å². The Morgan fingerprint density at radius 1 is 1.15 bits per heavy atom. The van der Waals surface area contributed by atoms with Gasteiger partial charge in [0.25, 0.3) is 11.5 Å². The molecule has 2 rings (SSSR count). The van der Waals surface area contributed by atoms with E-state index in [0.29, 0.717) is 16.5 Å². The third-order valence-corrected chi connectivity index (χ3v) is 3.68. The number of ether oxygens (including phenoxy) is 1. The summed E-state index contributed by atoms with van der Waals surface area (Å²) < 4.78 is 6.23. The average Bonchev–Trinajstić information content (AvgIpc) is 2.58. The monoisotopic (exact) mass is 374 g/mol. The number of carbonyl (C=O) groups excluding carboxylic acids is 3. The van der Waals surface area contributed by atoms with E-state index in [1.54, 1.807) is 38.1 Å². The molecule has 1 heterocycles. The van der Waals surface area contributed by atoms with E-state index in [-0.39, 0.29) is 18.0 Å². The highest BCUT2D eigenvalue weighted by Crippen LogP contribution is 2.14. The lowest BCUT2D eigenvalue weighted by Gasteiger charge is -2.14. The number of nitrogens with zero attached hydrogens (tertiary/aromatic N) is 2. The molecule has 0 fully saturated rings. The summed E-state index contributed by atoms with van der Waals surface area (Å²) in [6.07, 6.45) is -1.38. The van der Waals surface area contributed by atoms with Crippen molar-refractivity contribution in [3.8, 4) is 0 Å². The van der Waals surface area contributed by atoms with Crippen LogP contribution in [0.4, 0.5) is 4.79 Å². The van der Waals surface area contributed by atoms with E-state index in [4.69, 9.17) is 4.74 Å². The predicted molar refractivity (Wildman–Crippen MR) is 98.1 cm³/mol. The molecule has 0 unspecified atom stereocenters. The van der Waals surface area contributed by atoms with Crippen LogP contribution in [-0.4, -0.2) is 39.8 Å². The molecule has 2 N–H and O–H groups in total. The number of amides is 3. The van der Waals surface area contributed by atoms with E-state index in [1.165, 1.54) is 14.0 Å². The summed E-state index contributed by atoms with van der Waals surface area (Å²) in [5.41, 5.74) is 0.0921. The predicted octanol–water partition coefficient (Wildman–Crippen LogP) is 0.642. The van der Waals surface area contributed by atoms with E-state index in [9.17, 15) is 19.2 Å². The SMILES string of the molecule is CC(C)NC(=O)NC(=O)[C@H](C)OC(=O)Cc1nn(C)c(=O)c2ccccc12. The Balaban J connectivity index is 2.07. The highest BCUT2D eigenvalue weighted by molar-refractivity contribution is 5.97. The third kappa shape index (κ3) is 5.13. The smallest absolute Gasteiger partial charge is 0.321 e. The van der Waals surface area contributed by atoms with E-state index in [1.807, 2.05) is 0 Å². The summed E-state index contributed by atoms with van der Waals surface area (Å²) in [4.78, 5) is 47.8. The minimum Gasteiger partial charge on any atom is -0.452 e. The maximum atomic E-state index is 12.2. The number of aryl methyl sites for hydroxylation is 1. The number of imide groups is 1. The molecule has 0 spiro atoms. The van der Waals surface area contributed by atoms with Gasteiger partial charge >= 0.3 is 12.0 Å². The summed E-state index contributed by atoms with van der Waals surface area (Å²) >= 11 is 0. The Labute approximate surface area is 155 Å². The zero-order valence-corrected chi connectivity index (χ0v) is 15.6. The van der Waals surface area contributed by atoms with E-state index in [2.05, 4.69) is 15.7 Å². The summed E-state index contributed by atoms with van der Waals surface area (Å²) in [5.74, 6) is -1.43. The Kier molecular flexibility index (Phi) is 6.27. The summed E-state index contributed by atoms with van der Waals surface area (Å²) in [6, 6.07) is 6.00. The molecule has 1 atom stereocenters. The standard InChI is InChI=1S/C18H22N4O5/c1-10(2)19-18(26)20-16(24)11(3)27-15(23)9-14-12-7-5-6-8-13(12)17(25)22(4)21-14/h5-8,10-11H,9H2,1-4H3,(H2,19,20,24,26)/t11-/m0/s1. The van der Waals surface area contributed by atoms with Crippen LogP contribution in [0.1, 0.15) is 26.5 Å². The molecule has 27 heavy (non-hydrogen) atoms. The normalized spacial score (nSPS) is 11.9. The van der Waals surface area contributed by atoms with Crippen LogP contribution in [0.15, 0.2) is 29.1 Å². The van der Waals surface area contributed by atoms with Gasteiger partial charge in [-0.15, -0.1) is 0 Å². The number of esters is 1. The molecule has 0 aliphatic rings. The van der Waals surface area contributed by atoms with Crippen molar-refractivity contribution in [1.29, 1.82) is 0 Å². The van der Waals surface area contributed by atoms with Crippen molar-refractivity contribution in [2.75, 3.05) is 0 Å². The molecular formula is C18H22N4O5. The van der Waals surface area contributed by atoms with Crippen molar-refractivity contribution in [2.24, 2.45) is 7.05 Å². The summed E-state index contributed by atoms with van der Waals surface area (Å²) in [5, 5.41) is 9.70.